The first-order valence-corrected chi connectivity index (χ1v) is 8.05. The molecule has 124 valence electrons. The van der Waals surface area contributed by atoms with Crippen molar-refractivity contribution in [1.29, 1.82) is 0 Å². The Kier molecular flexibility index (Phi) is 5.85. The molecule has 0 radical (unpaired) electrons. The van der Waals surface area contributed by atoms with Crippen molar-refractivity contribution in [3.63, 3.8) is 0 Å². The van der Waals surface area contributed by atoms with Gasteiger partial charge in [0.25, 0.3) is 0 Å². The predicted octanol–water partition coefficient (Wildman–Crippen LogP) is 1.66. The highest BCUT2D eigenvalue weighted by Crippen LogP contribution is 2.19. The van der Waals surface area contributed by atoms with Crippen molar-refractivity contribution in [3.8, 4) is 0 Å². The van der Waals surface area contributed by atoms with Crippen LogP contribution in [0.15, 0.2) is 22.8 Å². The van der Waals surface area contributed by atoms with E-state index in [1.807, 2.05) is 0 Å². The Morgan fingerprint density at radius 3 is 3.00 bits per heavy atom. The molecule has 0 aromatic carbocycles. The lowest BCUT2D eigenvalue weighted by atomic mass is 10.0. The Labute approximate surface area is 131 Å². The molecule has 3 N–H and O–H groups in total. The van der Waals surface area contributed by atoms with Crippen LogP contribution in [-0.4, -0.2) is 48.3 Å². The van der Waals surface area contributed by atoms with Gasteiger partial charge in [0.15, 0.2) is 0 Å². The summed E-state index contributed by atoms with van der Waals surface area (Å²) in [5, 5.41) is 15.9. The van der Waals surface area contributed by atoms with E-state index in [4.69, 9.17) is 4.42 Å². The van der Waals surface area contributed by atoms with E-state index in [2.05, 4.69) is 22.5 Å². The molecule has 0 saturated carbocycles. The molecule has 2 rings (SSSR count). The molecule has 0 aliphatic carbocycles. The molecule has 6 nitrogen and oxygen atoms in total. The van der Waals surface area contributed by atoms with Crippen LogP contribution < -0.4 is 10.6 Å². The van der Waals surface area contributed by atoms with Gasteiger partial charge in [-0.15, -0.1) is 0 Å². The Morgan fingerprint density at radius 1 is 1.50 bits per heavy atom. The molecule has 1 aliphatic rings. The van der Waals surface area contributed by atoms with Crippen molar-refractivity contribution in [3.05, 3.63) is 24.2 Å². The number of hydrogen-bond acceptors (Lipinski definition) is 4. The van der Waals surface area contributed by atoms with Crippen LogP contribution in [0, 0.1) is 0 Å². The van der Waals surface area contributed by atoms with Crippen LogP contribution in [0.2, 0.25) is 0 Å². The molecule has 2 unspecified atom stereocenters. The Hall–Kier alpha value is -1.53. The van der Waals surface area contributed by atoms with Crippen LogP contribution in [-0.2, 0) is 5.60 Å². The second-order valence-corrected chi connectivity index (χ2v) is 6.09. The summed E-state index contributed by atoms with van der Waals surface area (Å²) in [5.74, 6) is 0.442. The van der Waals surface area contributed by atoms with Gasteiger partial charge in [0.1, 0.15) is 11.4 Å². The first-order valence-electron chi connectivity index (χ1n) is 8.05. The largest absolute Gasteiger partial charge is 0.466 e. The lowest BCUT2D eigenvalue weighted by Gasteiger charge is -2.35. The van der Waals surface area contributed by atoms with Gasteiger partial charge in [-0.2, -0.15) is 0 Å². The molecule has 1 fully saturated rings. The average molecular weight is 309 g/mol. The number of nitrogens with zero attached hydrogens (tertiary/aromatic N) is 1. The number of carbonyl (C=O) groups excluding carboxylic acids is 1. The zero-order chi connectivity index (χ0) is 16.0. The van der Waals surface area contributed by atoms with Gasteiger partial charge in [0.2, 0.25) is 0 Å². The monoisotopic (exact) mass is 309 g/mol. The highest BCUT2D eigenvalue weighted by Gasteiger charge is 2.27. The first-order chi connectivity index (χ1) is 10.5. The van der Waals surface area contributed by atoms with Crippen LogP contribution in [0.3, 0.4) is 0 Å². The highest BCUT2D eigenvalue weighted by atomic mass is 16.4. The number of carbonyl (C=O) groups is 1. The maximum atomic E-state index is 11.9. The first kappa shape index (κ1) is 16.8. The smallest absolute Gasteiger partial charge is 0.314 e. The molecule has 1 aliphatic heterocycles. The van der Waals surface area contributed by atoms with Crippen LogP contribution in [0.25, 0.3) is 0 Å². The topological polar surface area (TPSA) is 77.7 Å². The number of likely N-dealkylation sites (tertiary alicyclic amines) is 1. The van der Waals surface area contributed by atoms with Crippen molar-refractivity contribution in [2.45, 2.75) is 44.8 Å². The minimum atomic E-state index is -1.21. The molecular weight excluding hydrogens is 282 g/mol. The van der Waals surface area contributed by atoms with Gasteiger partial charge >= 0.3 is 6.03 Å². The Balaban J connectivity index is 1.74. The van der Waals surface area contributed by atoms with Crippen molar-refractivity contribution >= 4 is 6.03 Å². The number of likely N-dealkylation sites (N-methyl/N-ethyl adjacent to an activating group) is 1. The molecule has 2 atom stereocenters. The van der Waals surface area contributed by atoms with Gasteiger partial charge in [0, 0.05) is 12.6 Å². The van der Waals surface area contributed by atoms with E-state index >= 15 is 0 Å². The molecule has 0 bridgehead atoms. The average Bonchev–Trinajstić information content (AvgIpc) is 3.06. The summed E-state index contributed by atoms with van der Waals surface area (Å²) < 4.78 is 5.19. The molecule has 1 aromatic rings. The summed E-state index contributed by atoms with van der Waals surface area (Å²) in [4.78, 5) is 14.3. The summed E-state index contributed by atoms with van der Waals surface area (Å²) in [7, 11) is 0. The van der Waals surface area contributed by atoms with E-state index in [1.165, 1.54) is 19.1 Å². The number of hydrogen-bond donors (Lipinski definition) is 3. The van der Waals surface area contributed by atoms with Crippen LogP contribution in [0.5, 0.6) is 0 Å². The summed E-state index contributed by atoms with van der Waals surface area (Å²) in [5.41, 5.74) is -1.21. The number of piperidine rings is 1. The zero-order valence-electron chi connectivity index (χ0n) is 13.5. The summed E-state index contributed by atoms with van der Waals surface area (Å²) >= 11 is 0. The third kappa shape index (κ3) is 4.48. The van der Waals surface area contributed by atoms with E-state index in [-0.39, 0.29) is 12.6 Å². The lowest BCUT2D eigenvalue weighted by molar-refractivity contribution is 0.0366. The molecule has 1 saturated heterocycles. The molecule has 2 amide bonds. The number of aliphatic hydroxyl groups is 1. The van der Waals surface area contributed by atoms with Gasteiger partial charge in [-0.25, -0.2) is 4.79 Å². The second kappa shape index (κ2) is 7.65. The number of nitrogens with one attached hydrogen (secondary N) is 2. The van der Waals surface area contributed by atoms with E-state index < -0.39 is 5.60 Å². The van der Waals surface area contributed by atoms with Crippen LogP contribution in [0.4, 0.5) is 4.79 Å². The van der Waals surface area contributed by atoms with Gasteiger partial charge in [-0.05, 0) is 45.0 Å². The fourth-order valence-corrected chi connectivity index (χ4v) is 2.91. The van der Waals surface area contributed by atoms with Crippen molar-refractivity contribution < 1.29 is 14.3 Å². The van der Waals surface area contributed by atoms with Crippen LogP contribution >= 0.6 is 0 Å². The highest BCUT2D eigenvalue weighted by molar-refractivity contribution is 5.73. The van der Waals surface area contributed by atoms with Crippen LogP contribution in [0.1, 0.15) is 38.9 Å². The van der Waals surface area contributed by atoms with Crippen molar-refractivity contribution in [2.24, 2.45) is 0 Å². The van der Waals surface area contributed by atoms with Gasteiger partial charge in [-0.1, -0.05) is 13.3 Å². The van der Waals surface area contributed by atoms with E-state index in [1.54, 1.807) is 19.1 Å². The summed E-state index contributed by atoms with van der Waals surface area (Å²) in [6, 6.07) is 3.57. The fraction of sp³-hybridized carbons (Fsp3) is 0.688. The maximum Gasteiger partial charge on any atom is 0.314 e. The normalized spacial score (nSPS) is 22.0. The molecule has 1 aromatic heterocycles. The molecule has 22 heavy (non-hydrogen) atoms. The van der Waals surface area contributed by atoms with Crippen molar-refractivity contribution in [1.82, 2.24) is 15.5 Å². The van der Waals surface area contributed by atoms with Gasteiger partial charge < -0.3 is 20.2 Å². The number of rotatable bonds is 6. The Morgan fingerprint density at radius 2 is 2.32 bits per heavy atom. The number of furan rings is 1. The molecule has 6 heteroatoms. The van der Waals surface area contributed by atoms with Gasteiger partial charge in [-0.3, -0.25) is 4.90 Å². The minimum Gasteiger partial charge on any atom is -0.466 e. The lowest BCUT2D eigenvalue weighted by Crippen LogP contribution is -2.50. The second-order valence-electron chi connectivity index (χ2n) is 6.09. The Bertz CT molecular complexity index is 459. The van der Waals surface area contributed by atoms with E-state index in [9.17, 15) is 9.90 Å². The zero-order valence-corrected chi connectivity index (χ0v) is 13.5. The number of urea groups is 1. The van der Waals surface area contributed by atoms with E-state index in [0.29, 0.717) is 18.3 Å². The molecule has 0 spiro atoms. The minimum absolute atomic E-state index is 0.106. The molecule has 2 heterocycles. The quantitative estimate of drug-likeness (QED) is 0.747. The number of amides is 2. The predicted molar refractivity (Wildman–Crippen MR) is 84.6 cm³/mol. The third-order valence-electron chi connectivity index (χ3n) is 4.30. The third-order valence-corrected chi connectivity index (χ3v) is 4.30. The molecular formula is C16H27N3O3. The summed E-state index contributed by atoms with van der Waals surface area (Å²) in [6.45, 7) is 6.64. The summed E-state index contributed by atoms with van der Waals surface area (Å²) in [6.07, 6.45) is 5.09. The van der Waals surface area contributed by atoms with Gasteiger partial charge in [0.05, 0.1) is 12.8 Å². The maximum absolute atomic E-state index is 11.9. The van der Waals surface area contributed by atoms with E-state index in [0.717, 1.165) is 19.5 Å². The fourth-order valence-electron chi connectivity index (χ4n) is 2.91. The standard InChI is InChI=1S/C16H27N3O3/c1-3-19-9-5-4-7-13(19)11-17-15(20)18-12-16(2,21)14-8-6-10-22-14/h6,8,10,13,21H,3-5,7,9,11-12H2,1-2H3,(H2,17,18,20). The SMILES string of the molecule is CCN1CCCCC1CNC(=O)NCC(C)(O)c1ccco1. The van der Waals surface area contributed by atoms with Crippen molar-refractivity contribution in [2.75, 3.05) is 26.2 Å².